The molecular formula is C30H20N2O4. The van der Waals surface area contributed by atoms with E-state index in [4.69, 9.17) is 10.2 Å². The van der Waals surface area contributed by atoms with Crippen LogP contribution in [0.15, 0.2) is 85.2 Å². The summed E-state index contributed by atoms with van der Waals surface area (Å²) in [6.45, 7) is 0. The zero-order chi connectivity index (χ0) is 25.1. The van der Waals surface area contributed by atoms with Gasteiger partial charge in [-0.15, -0.1) is 0 Å². The van der Waals surface area contributed by atoms with Crippen molar-refractivity contribution in [2.75, 3.05) is 0 Å². The molecule has 0 bridgehead atoms. The van der Waals surface area contributed by atoms with Gasteiger partial charge in [-0.05, 0) is 58.7 Å². The highest BCUT2D eigenvalue weighted by atomic mass is 16.4. The van der Waals surface area contributed by atoms with Gasteiger partial charge in [-0.2, -0.15) is 0 Å². The lowest BCUT2D eigenvalue weighted by Crippen LogP contribution is -1.94. The van der Waals surface area contributed by atoms with Gasteiger partial charge in [-0.25, -0.2) is 9.59 Å². The quantitative estimate of drug-likeness (QED) is 0.273. The maximum absolute atomic E-state index is 11.1. The molecule has 0 aliphatic carbocycles. The molecule has 0 aliphatic heterocycles. The number of rotatable bonds is 6. The number of aromatic carboxylic acids is 2. The van der Waals surface area contributed by atoms with Gasteiger partial charge in [0.15, 0.2) is 0 Å². The summed E-state index contributed by atoms with van der Waals surface area (Å²) in [7, 11) is 0. The molecule has 0 atom stereocenters. The van der Waals surface area contributed by atoms with Gasteiger partial charge in [-0.1, -0.05) is 60.7 Å². The number of fused-ring (bicyclic) bond motifs is 3. The van der Waals surface area contributed by atoms with E-state index < -0.39 is 11.9 Å². The number of nitrogens with zero attached hydrogens (tertiary/aromatic N) is 2. The lowest BCUT2D eigenvalue weighted by Gasteiger charge is -2.07. The monoisotopic (exact) mass is 472 g/mol. The Labute approximate surface area is 206 Å². The normalized spacial score (nSPS) is 11.6. The van der Waals surface area contributed by atoms with E-state index in [1.807, 2.05) is 48.6 Å². The summed E-state index contributed by atoms with van der Waals surface area (Å²) in [5.74, 6) is -1.90. The van der Waals surface area contributed by atoms with Crippen LogP contribution in [-0.4, -0.2) is 32.1 Å². The third-order valence-corrected chi connectivity index (χ3v) is 5.91. The molecule has 5 rings (SSSR count). The third-order valence-electron chi connectivity index (χ3n) is 5.91. The molecule has 2 N–H and O–H groups in total. The topological polar surface area (TPSA) is 100 Å². The Morgan fingerprint density at radius 2 is 0.917 bits per heavy atom. The van der Waals surface area contributed by atoms with E-state index in [0.29, 0.717) is 0 Å². The van der Waals surface area contributed by atoms with Crippen LogP contribution in [0, 0.1) is 0 Å². The van der Waals surface area contributed by atoms with Gasteiger partial charge in [0.05, 0.1) is 22.2 Å². The second-order valence-electron chi connectivity index (χ2n) is 8.18. The SMILES string of the molecule is O=C(O)c1ccc(C=Cc2ccnc3c2ccc2c(C=Cc4ccc(C(=O)O)cc4)ccnc23)cc1. The number of carboxylic acids is 2. The molecule has 0 saturated carbocycles. The first-order chi connectivity index (χ1) is 17.5. The smallest absolute Gasteiger partial charge is 0.335 e. The van der Waals surface area contributed by atoms with Crippen molar-refractivity contribution in [1.82, 2.24) is 9.97 Å². The van der Waals surface area contributed by atoms with Crippen molar-refractivity contribution >= 4 is 58.0 Å². The predicted octanol–water partition coefficient (Wildman–Crippen LogP) is 6.52. The average Bonchev–Trinajstić information content (AvgIpc) is 2.90. The second-order valence-corrected chi connectivity index (χ2v) is 8.18. The maximum Gasteiger partial charge on any atom is 0.335 e. The molecule has 36 heavy (non-hydrogen) atoms. The number of carbonyl (C=O) groups is 2. The molecule has 2 heterocycles. The molecule has 0 fully saturated rings. The van der Waals surface area contributed by atoms with Crippen LogP contribution in [0.2, 0.25) is 0 Å². The number of aromatic nitrogens is 2. The van der Waals surface area contributed by atoms with E-state index >= 15 is 0 Å². The van der Waals surface area contributed by atoms with Crippen LogP contribution in [0.3, 0.4) is 0 Å². The van der Waals surface area contributed by atoms with Gasteiger partial charge in [0.25, 0.3) is 0 Å². The molecule has 3 aromatic carbocycles. The number of benzene rings is 3. The van der Waals surface area contributed by atoms with Crippen LogP contribution in [0.25, 0.3) is 46.1 Å². The fourth-order valence-electron chi connectivity index (χ4n) is 4.01. The molecule has 174 valence electrons. The summed E-state index contributed by atoms with van der Waals surface area (Å²) < 4.78 is 0. The molecule has 0 aliphatic rings. The minimum atomic E-state index is -0.949. The fourth-order valence-corrected chi connectivity index (χ4v) is 4.01. The Hall–Kier alpha value is -5.10. The first kappa shape index (κ1) is 22.7. The Balaban J connectivity index is 1.49. The second kappa shape index (κ2) is 9.64. The summed E-state index contributed by atoms with van der Waals surface area (Å²) in [6, 6.07) is 21.3. The van der Waals surface area contributed by atoms with Crippen molar-refractivity contribution in [3.63, 3.8) is 0 Å². The molecule has 0 spiro atoms. The summed E-state index contributed by atoms with van der Waals surface area (Å²) in [5.41, 5.74) is 5.83. The van der Waals surface area contributed by atoms with Crippen LogP contribution < -0.4 is 0 Å². The highest BCUT2D eigenvalue weighted by molar-refractivity contribution is 6.08. The van der Waals surface area contributed by atoms with Crippen molar-refractivity contribution in [2.45, 2.75) is 0 Å². The molecule has 0 saturated heterocycles. The first-order valence-electron chi connectivity index (χ1n) is 11.2. The summed E-state index contributed by atoms with van der Waals surface area (Å²) in [6.07, 6.45) is 11.3. The molecule has 0 unspecified atom stereocenters. The van der Waals surface area contributed by atoms with Gasteiger partial charge < -0.3 is 10.2 Å². The van der Waals surface area contributed by atoms with Crippen molar-refractivity contribution in [2.24, 2.45) is 0 Å². The van der Waals surface area contributed by atoms with Crippen LogP contribution in [0.4, 0.5) is 0 Å². The fraction of sp³-hybridized carbons (Fsp3) is 0. The zero-order valence-electron chi connectivity index (χ0n) is 19.0. The number of hydrogen-bond acceptors (Lipinski definition) is 4. The van der Waals surface area contributed by atoms with Gasteiger partial charge >= 0.3 is 11.9 Å². The highest BCUT2D eigenvalue weighted by Gasteiger charge is 2.08. The molecule has 6 nitrogen and oxygen atoms in total. The number of pyridine rings is 2. The third kappa shape index (κ3) is 4.60. The van der Waals surface area contributed by atoms with E-state index in [1.54, 1.807) is 60.9 Å². The molecular weight excluding hydrogens is 452 g/mol. The van der Waals surface area contributed by atoms with Gasteiger partial charge in [0.1, 0.15) is 0 Å². The molecule has 5 aromatic rings. The average molecular weight is 473 g/mol. The lowest BCUT2D eigenvalue weighted by molar-refractivity contribution is 0.0686. The summed E-state index contributed by atoms with van der Waals surface area (Å²) in [4.78, 5) is 31.3. The Morgan fingerprint density at radius 1 is 0.528 bits per heavy atom. The van der Waals surface area contributed by atoms with Crippen LogP contribution in [-0.2, 0) is 0 Å². The minimum Gasteiger partial charge on any atom is -0.478 e. The highest BCUT2D eigenvalue weighted by Crippen LogP contribution is 2.28. The van der Waals surface area contributed by atoms with Crippen molar-refractivity contribution < 1.29 is 19.8 Å². The van der Waals surface area contributed by atoms with E-state index in [2.05, 4.69) is 9.97 Å². The largest absolute Gasteiger partial charge is 0.478 e. The van der Waals surface area contributed by atoms with Crippen molar-refractivity contribution in [3.8, 4) is 0 Å². The van der Waals surface area contributed by atoms with E-state index in [0.717, 1.165) is 44.1 Å². The first-order valence-corrected chi connectivity index (χ1v) is 11.2. The molecule has 0 radical (unpaired) electrons. The molecule has 2 aromatic heterocycles. The van der Waals surface area contributed by atoms with Gasteiger partial charge in [0, 0.05) is 23.2 Å². The molecule has 6 heteroatoms. The van der Waals surface area contributed by atoms with Crippen LogP contribution >= 0.6 is 0 Å². The zero-order valence-corrected chi connectivity index (χ0v) is 19.0. The Kier molecular flexibility index (Phi) is 6.07. The number of carboxylic acid groups (broad SMARTS) is 2. The number of hydrogen-bond donors (Lipinski definition) is 2. The maximum atomic E-state index is 11.1. The Bertz CT molecular complexity index is 1540. The predicted molar refractivity (Wildman–Crippen MR) is 142 cm³/mol. The van der Waals surface area contributed by atoms with Gasteiger partial charge in [0.2, 0.25) is 0 Å². The van der Waals surface area contributed by atoms with Crippen molar-refractivity contribution in [3.05, 3.63) is 119 Å². The van der Waals surface area contributed by atoms with Gasteiger partial charge in [-0.3, -0.25) is 9.97 Å². The van der Waals surface area contributed by atoms with Crippen LogP contribution in [0.1, 0.15) is 43.0 Å². The van der Waals surface area contributed by atoms with Crippen LogP contribution in [0.5, 0.6) is 0 Å². The minimum absolute atomic E-state index is 0.251. The lowest BCUT2D eigenvalue weighted by atomic mass is 10.0. The standard InChI is InChI=1S/C30H20N2O4/c33-29(34)23-9-3-19(4-10-23)1-7-21-15-17-31-27-25(21)13-14-26-22(16-18-32-28(26)27)8-2-20-5-11-24(12-6-20)30(35)36/h1-18H,(H,33,34)(H,35,36). The van der Waals surface area contributed by atoms with E-state index in [1.165, 1.54) is 0 Å². The van der Waals surface area contributed by atoms with Crippen molar-refractivity contribution in [1.29, 1.82) is 0 Å². The van der Waals surface area contributed by atoms with E-state index in [9.17, 15) is 9.59 Å². The Morgan fingerprint density at radius 3 is 1.28 bits per heavy atom. The summed E-state index contributed by atoms with van der Waals surface area (Å²) >= 11 is 0. The summed E-state index contributed by atoms with van der Waals surface area (Å²) in [5, 5.41) is 20.1. The van der Waals surface area contributed by atoms with E-state index in [-0.39, 0.29) is 11.1 Å². The molecule has 0 amide bonds.